The molecule has 2 aliphatic heterocycles. The molecule has 0 radical (unpaired) electrons. The maximum Gasteiger partial charge on any atom is 0.231 e. The van der Waals surface area contributed by atoms with Gasteiger partial charge in [-0.3, -0.25) is 0 Å². The first-order chi connectivity index (χ1) is 9.40. The van der Waals surface area contributed by atoms with Gasteiger partial charge in [-0.25, -0.2) is 0 Å². The van der Waals surface area contributed by atoms with Gasteiger partial charge in [0.25, 0.3) is 0 Å². The van der Waals surface area contributed by atoms with Crippen LogP contribution in [-0.2, 0) is 6.54 Å². The van der Waals surface area contributed by atoms with Crippen molar-refractivity contribution in [1.82, 2.24) is 0 Å². The predicted octanol–water partition coefficient (Wildman–Crippen LogP) is 2.91. The lowest BCUT2D eigenvalue weighted by atomic mass is 10.1. The summed E-state index contributed by atoms with van der Waals surface area (Å²) in [5.41, 5.74) is 2.33. The Bertz CT molecular complexity index is 598. The zero-order valence-electron chi connectivity index (χ0n) is 10.4. The van der Waals surface area contributed by atoms with Crippen molar-refractivity contribution >= 4 is 22.7 Å². The molecule has 0 atom stereocenters. The summed E-state index contributed by atoms with van der Waals surface area (Å²) in [6.45, 7) is 3.23. The highest BCUT2D eigenvalue weighted by Crippen LogP contribution is 2.42. The Hall–Kier alpha value is -1.88. The van der Waals surface area contributed by atoms with E-state index in [1.165, 1.54) is 10.6 Å². The molecule has 0 bridgehead atoms. The van der Waals surface area contributed by atoms with Crippen LogP contribution < -0.4 is 19.7 Å². The summed E-state index contributed by atoms with van der Waals surface area (Å²) in [5, 5.41) is 5.55. The minimum absolute atomic E-state index is 0.323. The summed E-state index contributed by atoms with van der Waals surface area (Å²) in [5.74, 6) is 1.68. The molecule has 3 heterocycles. The molecule has 98 valence electrons. The van der Waals surface area contributed by atoms with Crippen LogP contribution >= 0.6 is 11.3 Å². The van der Waals surface area contributed by atoms with Crippen molar-refractivity contribution in [2.24, 2.45) is 0 Å². The van der Waals surface area contributed by atoms with Crippen LogP contribution in [-0.4, -0.2) is 19.9 Å². The van der Waals surface area contributed by atoms with Crippen molar-refractivity contribution in [3.8, 4) is 11.5 Å². The van der Waals surface area contributed by atoms with Crippen molar-refractivity contribution in [2.75, 3.05) is 30.1 Å². The first-order valence-corrected chi connectivity index (χ1v) is 7.23. The summed E-state index contributed by atoms with van der Waals surface area (Å²) in [7, 11) is 0. The number of ether oxygens (including phenoxy) is 2. The first kappa shape index (κ1) is 11.0. The molecule has 1 aromatic carbocycles. The molecule has 0 unspecified atom stereocenters. The van der Waals surface area contributed by atoms with Gasteiger partial charge in [-0.2, -0.15) is 0 Å². The molecule has 1 aromatic heterocycles. The number of fused-ring (bicyclic) bond motifs is 2. The second-order valence-electron chi connectivity index (χ2n) is 4.65. The Morgan fingerprint density at radius 1 is 1.26 bits per heavy atom. The van der Waals surface area contributed by atoms with Crippen molar-refractivity contribution in [1.29, 1.82) is 0 Å². The topological polar surface area (TPSA) is 33.7 Å². The number of hydrogen-bond acceptors (Lipinski definition) is 5. The number of hydrogen-bond donors (Lipinski definition) is 1. The highest BCUT2D eigenvalue weighted by molar-refractivity contribution is 7.09. The Balaban J connectivity index is 1.69. The van der Waals surface area contributed by atoms with Gasteiger partial charge in [-0.15, -0.1) is 11.3 Å². The number of rotatable bonds is 2. The molecule has 5 heteroatoms. The van der Waals surface area contributed by atoms with Crippen LogP contribution in [0.2, 0.25) is 0 Å². The van der Waals surface area contributed by atoms with Gasteiger partial charge in [0.2, 0.25) is 6.79 Å². The van der Waals surface area contributed by atoms with E-state index in [4.69, 9.17) is 9.47 Å². The third kappa shape index (κ3) is 1.90. The van der Waals surface area contributed by atoms with Crippen LogP contribution in [0.15, 0.2) is 29.6 Å². The zero-order chi connectivity index (χ0) is 12.7. The van der Waals surface area contributed by atoms with Gasteiger partial charge in [0, 0.05) is 30.1 Å². The molecule has 2 aromatic rings. The number of benzene rings is 1. The van der Waals surface area contributed by atoms with Crippen molar-refractivity contribution in [2.45, 2.75) is 6.54 Å². The lowest BCUT2D eigenvalue weighted by Gasteiger charge is -2.31. The Labute approximate surface area is 115 Å². The van der Waals surface area contributed by atoms with Crippen molar-refractivity contribution in [3.05, 3.63) is 34.5 Å². The quantitative estimate of drug-likeness (QED) is 0.913. The van der Waals surface area contributed by atoms with Crippen LogP contribution in [0.4, 0.5) is 11.4 Å². The summed E-state index contributed by atoms with van der Waals surface area (Å²) in [4.78, 5) is 3.77. The highest BCUT2D eigenvalue weighted by Gasteiger charge is 2.23. The average Bonchev–Trinajstić information content (AvgIpc) is 3.07. The predicted molar refractivity (Wildman–Crippen MR) is 76.4 cm³/mol. The smallest absolute Gasteiger partial charge is 0.231 e. The van der Waals surface area contributed by atoms with Gasteiger partial charge >= 0.3 is 0 Å². The average molecular weight is 274 g/mol. The van der Waals surface area contributed by atoms with E-state index in [9.17, 15) is 0 Å². The third-order valence-electron chi connectivity index (χ3n) is 3.46. The summed E-state index contributed by atoms with van der Waals surface area (Å²) < 4.78 is 10.9. The maximum atomic E-state index is 5.47. The third-order valence-corrected chi connectivity index (χ3v) is 4.32. The van der Waals surface area contributed by atoms with E-state index in [0.29, 0.717) is 6.79 Å². The van der Waals surface area contributed by atoms with E-state index < -0.39 is 0 Å². The van der Waals surface area contributed by atoms with Crippen LogP contribution in [0.5, 0.6) is 11.5 Å². The molecule has 19 heavy (non-hydrogen) atoms. The van der Waals surface area contributed by atoms with E-state index in [1.807, 2.05) is 6.07 Å². The molecule has 0 amide bonds. The number of nitrogens with zero attached hydrogens (tertiary/aromatic N) is 1. The van der Waals surface area contributed by atoms with Gasteiger partial charge in [0.05, 0.1) is 17.9 Å². The highest BCUT2D eigenvalue weighted by atomic mass is 32.1. The number of nitrogens with one attached hydrogen (secondary N) is 1. The van der Waals surface area contributed by atoms with Gasteiger partial charge in [0.15, 0.2) is 11.5 Å². The fraction of sp³-hybridized carbons (Fsp3) is 0.286. The Kier molecular flexibility index (Phi) is 2.51. The molecular formula is C14H14N2O2S. The van der Waals surface area contributed by atoms with Crippen LogP contribution in [0, 0.1) is 0 Å². The molecule has 4 nitrogen and oxygen atoms in total. The lowest BCUT2D eigenvalue weighted by molar-refractivity contribution is 0.174. The van der Waals surface area contributed by atoms with Gasteiger partial charge < -0.3 is 19.7 Å². The van der Waals surface area contributed by atoms with Crippen LogP contribution in [0.3, 0.4) is 0 Å². The Morgan fingerprint density at radius 2 is 2.16 bits per heavy atom. The van der Waals surface area contributed by atoms with Gasteiger partial charge in [-0.1, -0.05) is 6.07 Å². The second kappa shape index (κ2) is 4.35. The fourth-order valence-electron chi connectivity index (χ4n) is 2.54. The zero-order valence-corrected chi connectivity index (χ0v) is 11.2. The molecule has 1 N–H and O–H groups in total. The normalized spacial score (nSPS) is 16.1. The summed E-state index contributed by atoms with van der Waals surface area (Å²) in [6, 6.07) is 8.40. The molecule has 0 aliphatic carbocycles. The first-order valence-electron chi connectivity index (χ1n) is 6.35. The molecular weight excluding hydrogens is 260 g/mol. The molecule has 0 spiro atoms. The van der Waals surface area contributed by atoms with E-state index in [0.717, 1.165) is 36.8 Å². The molecule has 0 saturated carbocycles. The van der Waals surface area contributed by atoms with Crippen molar-refractivity contribution in [3.63, 3.8) is 0 Å². The molecule has 0 fully saturated rings. The molecule has 0 saturated heterocycles. The van der Waals surface area contributed by atoms with E-state index in [-0.39, 0.29) is 0 Å². The van der Waals surface area contributed by atoms with E-state index >= 15 is 0 Å². The maximum absolute atomic E-state index is 5.47. The van der Waals surface area contributed by atoms with E-state index in [2.05, 4.69) is 33.8 Å². The SMILES string of the molecule is c1csc(CN2CCNc3cc4c(cc32)OCO4)c1. The lowest BCUT2D eigenvalue weighted by Crippen LogP contribution is -2.33. The largest absolute Gasteiger partial charge is 0.454 e. The van der Waals surface area contributed by atoms with Crippen LogP contribution in [0.25, 0.3) is 0 Å². The standard InChI is InChI=1S/C14H14N2O2S/c1-2-10(19-5-1)8-16-4-3-15-11-6-13-14(7-12(11)16)18-9-17-13/h1-2,5-7,15H,3-4,8-9H2. The molecule has 2 aliphatic rings. The Morgan fingerprint density at radius 3 is 3.00 bits per heavy atom. The minimum atomic E-state index is 0.323. The fourth-order valence-corrected chi connectivity index (χ4v) is 3.25. The summed E-state index contributed by atoms with van der Waals surface area (Å²) in [6.07, 6.45) is 0. The summed E-state index contributed by atoms with van der Waals surface area (Å²) >= 11 is 1.80. The van der Waals surface area contributed by atoms with Gasteiger partial charge in [0.1, 0.15) is 0 Å². The number of anilines is 2. The minimum Gasteiger partial charge on any atom is -0.454 e. The van der Waals surface area contributed by atoms with Gasteiger partial charge in [-0.05, 0) is 11.4 Å². The number of thiophene rings is 1. The molecule has 4 rings (SSSR count). The van der Waals surface area contributed by atoms with Crippen LogP contribution in [0.1, 0.15) is 4.88 Å². The monoisotopic (exact) mass is 274 g/mol. The second-order valence-corrected chi connectivity index (χ2v) is 5.68. The van der Waals surface area contributed by atoms with E-state index in [1.54, 1.807) is 11.3 Å². The van der Waals surface area contributed by atoms with Crippen molar-refractivity contribution < 1.29 is 9.47 Å².